The lowest BCUT2D eigenvalue weighted by Crippen LogP contribution is -2.65. The van der Waals surface area contributed by atoms with E-state index in [1.807, 2.05) is 60.7 Å². The fourth-order valence-electron chi connectivity index (χ4n) is 7.81. The van der Waals surface area contributed by atoms with Gasteiger partial charge < -0.3 is 34.7 Å². The van der Waals surface area contributed by atoms with E-state index in [1.165, 1.54) is 0 Å². The van der Waals surface area contributed by atoms with E-state index >= 15 is 0 Å². The number of carbonyl (C=O) groups excluding carboxylic acids is 3. The van der Waals surface area contributed by atoms with Gasteiger partial charge in [0.25, 0.3) is 5.91 Å². The highest BCUT2D eigenvalue weighted by Gasteiger charge is 2.68. The van der Waals surface area contributed by atoms with Crippen molar-refractivity contribution >= 4 is 25.0 Å². The summed E-state index contributed by atoms with van der Waals surface area (Å²) in [6.07, 6.45) is 1.91. The first-order chi connectivity index (χ1) is 23.9. The van der Waals surface area contributed by atoms with Gasteiger partial charge in [-0.1, -0.05) is 76.2 Å². The van der Waals surface area contributed by atoms with Crippen LogP contribution in [0.15, 0.2) is 84.9 Å². The van der Waals surface area contributed by atoms with Gasteiger partial charge in [0.2, 0.25) is 5.91 Å². The van der Waals surface area contributed by atoms with Crippen LogP contribution in [0.2, 0.25) is 0 Å². The van der Waals surface area contributed by atoms with Crippen LogP contribution in [0, 0.1) is 23.2 Å². The van der Waals surface area contributed by atoms with Crippen LogP contribution in [0.5, 0.6) is 11.5 Å². The molecule has 2 bridgehead atoms. The minimum absolute atomic E-state index is 0.0405. The van der Waals surface area contributed by atoms with Crippen molar-refractivity contribution in [2.45, 2.75) is 84.2 Å². The molecule has 4 aliphatic rings. The topological polar surface area (TPSA) is 124 Å². The summed E-state index contributed by atoms with van der Waals surface area (Å²) >= 11 is 0. The van der Waals surface area contributed by atoms with E-state index in [-0.39, 0.29) is 30.6 Å². The van der Waals surface area contributed by atoms with Crippen LogP contribution >= 0.6 is 0 Å². The Hall–Kier alpha value is -4.35. The number of nitrogens with one attached hydrogen (secondary N) is 3. The van der Waals surface area contributed by atoms with Gasteiger partial charge in [0.1, 0.15) is 24.1 Å². The van der Waals surface area contributed by atoms with Crippen molar-refractivity contribution in [2.75, 3.05) is 6.54 Å². The maximum atomic E-state index is 14.0. The van der Waals surface area contributed by atoms with Crippen LogP contribution in [0.4, 0.5) is 4.79 Å². The van der Waals surface area contributed by atoms with Crippen LogP contribution in [-0.2, 0) is 25.4 Å². The molecule has 1 saturated heterocycles. The van der Waals surface area contributed by atoms with Crippen LogP contribution in [0.3, 0.4) is 0 Å². The number of carbonyl (C=O) groups is 3. The minimum atomic E-state index is -1.12. The summed E-state index contributed by atoms with van der Waals surface area (Å²) in [5.74, 6) is 1.02. The third-order valence-corrected chi connectivity index (χ3v) is 10.7. The standard InChI is InChI=1S/C39H48BN3O7/c1-25(2)20-34(40-49-33-22-28-21-32(38(28,3)4)39(33,5)50-40)43-36(45)31(23-41-37(46)47-24-26-12-8-6-9-13-26)42-35(44)27-16-18-30(19-17-27)48-29-14-10-7-11-15-29/h6-19,25,28,31-34H,20-24H2,1-5H3,(H,41,46)(H,42,44)(H,43,45)/t28-,31-,32-,33+,34?,39-/m0/s1. The Bertz CT molecular complexity index is 1640. The Balaban J connectivity index is 1.14. The van der Waals surface area contributed by atoms with E-state index in [0.29, 0.717) is 35.3 Å². The van der Waals surface area contributed by atoms with E-state index < -0.39 is 42.6 Å². The van der Waals surface area contributed by atoms with E-state index in [9.17, 15) is 14.4 Å². The van der Waals surface area contributed by atoms with Crippen LogP contribution < -0.4 is 20.7 Å². The fraction of sp³-hybridized carbons (Fsp3) is 0.462. The molecule has 264 valence electrons. The van der Waals surface area contributed by atoms with Gasteiger partial charge in [0.05, 0.1) is 24.2 Å². The Morgan fingerprint density at radius 2 is 1.54 bits per heavy atom. The summed E-state index contributed by atoms with van der Waals surface area (Å²) in [7, 11) is -0.635. The minimum Gasteiger partial charge on any atom is -0.457 e. The van der Waals surface area contributed by atoms with Gasteiger partial charge in [0.15, 0.2) is 0 Å². The van der Waals surface area contributed by atoms with Crippen LogP contribution in [0.25, 0.3) is 0 Å². The van der Waals surface area contributed by atoms with Gasteiger partial charge in [0, 0.05) is 5.56 Å². The van der Waals surface area contributed by atoms with Crippen molar-refractivity contribution in [1.82, 2.24) is 16.0 Å². The molecule has 11 heteroatoms. The highest BCUT2D eigenvalue weighted by molar-refractivity contribution is 6.48. The quantitative estimate of drug-likeness (QED) is 0.181. The van der Waals surface area contributed by atoms with Gasteiger partial charge in [-0.2, -0.15) is 0 Å². The molecule has 3 saturated carbocycles. The first-order valence-corrected chi connectivity index (χ1v) is 17.6. The van der Waals surface area contributed by atoms with Crippen molar-refractivity contribution in [1.29, 1.82) is 0 Å². The van der Waals surface area contributed by atoms with Crippen LogP contribution in [0.1, 0.15) is 69.8 Å². The third kappa shape index (κ3) is 7.84. The summed E-state index contributed by atoms with van der Waals surface area (Å²) in [6.45, 7) is 10.8. The maximum Gasteiger partial charge on any atom is 0.481 e. The fourth-order valence-corrected chi connectivity index (χ4v) is 7.81. The van der Waals surface area contributed by atoms with Gasteiger partial charge in [-0.25, -0.2) is 4.79 Å². The summed E-state index contributed by atoms with van der Waals surface area (Å²) in [5, 5.41) is 8.60. The highest BCUT2D eigenvalue weighted by Crippen LogP contribution is 2.65. The second-order valence-electron chi connectivity index (χ2n) is 15.0. The summed E-state index contributed by atoms with van der Waals surface area (Å²) in [4.78, 5) is 40.2. The summed E-state index contributed by atoms with van der Waals surface area (Å²) in [6, 6.07) is 24.1. The lowest BCUT2D eigenvalue weighted by Gasteiger charge is -2.64. The number of rotatable bonds is 13. The van der Waals surface area contributed by atoms with Crippen molar-refractivity contribution < 1.29 is 33.2 Å². The average Bonchev–Trinajstić information content (AvgIpc) is 3.47. The van der Waals surface area contributed by atoms with E-state index in [4.69, 9.17) is 18.8 Å². The molecule has 1 unspecified atom stereocenters. The largest absolute Gasteiger partial charge is 0.481 e. The number of hydrogen-bond acceptors (Lipinski definition) is 7. The van der Waals surface area contributed by atoms with E-state index in [2.05, 4.69) is 50.6 Å². The zero-order valence-corrected chi connectivity index (χ0v) is 29.5. The molecule has 10 nitrogen and oxygen atoms in total. The first kappa shape index (κ1) is 35.5. The zero-order chi connectivity index (χ0) is 35.5. The van der Waals surface area contributed by atoms with Crippen molar-refractivity contribution in [2.24, 2.45) is 23.2 Å². The Morgan fingerprint density at radius 1 is 0.880 bits per heavy atom. The smallest absolute Gasteiger partial charge is 0.457 e. The predicted molar refractivity (Wildman–Crippen MR) is 190 cm³/mol. The molecule has 3 aromatic carbocycles. The first-order valence-electron chi connectivity index (χ1n) is 17.6. The molecule has 4 fully saturated rings. The number of alkyl carbamates (subject to hydrolysis) is 1. The molecule has 7 rings (SSSR count). The zero-order valence-electron chi connectivity index (χ0n) is 29.5. The molecular weight excluding hydrogens is 633 g/mol. The number of ether oxygens (including phenoxy) is 2. The van der Waals surface area contributed by atoms with Crippen molar-refractivity contribution in [3.63, 3.8) is 0 Å². The maximum absolute atomic E-state index is 14.0. The normalized spacial score (nSPS) is 24.3. The Morgan fingerprint density at radius 3 is 2.20 bits per heavy atom. The van der Waals surface area contributed by atoms with Gasteiger partial charge in [-0.15, -0.1) is 0 Å². The molecule has 3 aromatic rings. The lowest BCUT2D eigenvalue weighted by molar-refractivity contribution is -0.199. The molecule has 6 atom stereocenters. The summed E-state index contributed by atoms with van der Waals surface area (Å²) < 4.78 is 24.5. The summed E-state index contributed by atoms with van der Waals surface area (Å²) in [5.41, 5.74) is 0.905. The van der Waals surface area contributed by atoms with Gasteiger partial charge >= 0.3 is 13.2 Å². The molecular formula is C39H48BN3O7. The number of para-hydroxylation sites is 1. The lowest BCUT2D eigenvalue weighted by atomic mass is 9.43. The molecule has 1 aliphatic heterocycles. The number of hydrogen-bond donors (Lipinski definition) is 3. The molecule has 3 amide bonds. The van der Waals surface area contributed by atoms with Gasteiger partial charge in [-0.3, -0.25) is 9.59 Å². The number of benzene rings is 3. The SMILES string of the molecule is CC(C)CC(NC(=O)[C@H](CNC(=O)OCc1ccccc1)NC(=O)c1ccc(Oc2ccccc2)cc1)B1O[C@@H]2C[C@@H]3C[C@@H](C3(C)C)[C@]2(C)O1. The monoisotopic (exact) mass is 681 g/mol. The van der Waals surface area contributed by atoms with Crippen molar-refractivity contribution in [3.8, 4) is 11.5 Å². The molecule has 0 spiro atoms. The molecule has 0 radical (unpaired) electrons. The van der Waals surface area contributed by atoms with Gasteiger partial charge in [-0.05, 0) is 91.3 Å². The number of amides is 3. The second-order valence-corrected chi connectivity index (χ2v) is 15.0. The van der Waals surface area contributed by atoms with E-state index in [0.717, 1.165) is 18.4 Å². The second kappa shape index (κ2) is 14.9. The Labute approximate surface area is 295 Å². The average molecular weight is 682 g/mol. The molecule has 50 heavy (non-hydrogen) atoms. The molecule has 1 heterocycles. The van der Waals surface area contributed by atoms with Crippen LogP contribution in [-0.4, -0.2) is 55.3 Å². The van der Waals surface area contributed by atoms with E-state index in [1.54, 1.807) is 24.3 Å². The highest BCUT2D eigenvalue weighted by atomic mass is 16.7. The Kier molecular flexibility index (Phi) is 10.6. The molecule has 3 aliphatic carbocycles. The third-order valence-electron chi connectivity index (χ3n) is 10.7. The van der Waals surface area contributed by atoms with Crippen molar-refractivity contribution in [3.05, 3.63) is 96.1 Å². The predicted octanol–water partition coefficient (Wildman–Crippen LogP) is 6.30. The molecule has 3 N–H and O–H groups in total. The molecule has 0 aromatic heterocycles.